The summed E-state index contributed by atoms with van der Waals surface area (Å²) in [5, 5.41) is 14.5. The minimum Gasteiger partial charge on any atom is -0.352 e. The lowest BCUT2D eigenvalue weighted by Crippen LogP contribution is -2.24. The van der Waals surface area contributed by atoms with E-state index in [1.807, 2.05) is 24.3 Å². The lowest BCUT2D eigenvalue weighted by Gasteiger charge is -2.13. The van der Waals surface area contributed by atoms with Crippen molar-refractivity contribution in [1.82, 2.24) is 15.5 Å². The van der Waals surface area contributed by atoms with Crippen molar-refractivity contribution in [3.63, 3.8) is 0 Å². The number of amides is 1. The van der Waals surface area contributed by atoms with Crippen LogP contribution in [0.4, 0.5) is 15.9 Å². The van der Waals surface area contributed by atoms with Gasteiger partial charge in [-0.05, 0) is 92.8 Å². The molecule has 0 aliphatic heterocycles. The Hall–Kier alpha value is -3.54. The first-order valence-electron chi connectivity index (χ1n) is 10.6. The highest BCUT2D eigenvalue weighted by Gasteiger charge is 2.08. The van der Waals surface area contributed by atoms with Crippen molar-refractivity contribution in [2.75, 3.05) is 11.9 Å². The first-order chi connectivity index (χ1) is 15.2. The molecule has 0 saturated carbocycles. The third-order valence-corrected chi connectivity index (χ3v) is 5.34. The fourth-order valence-corrected chi connectivity index (χ4v) is 3.60. The number of carbonyl (C=O) groups is 1. The van der Waals surface area contributed by atoms with Gasteiger partial charge in [-0.3, -0.25) is 4.79 Å². The van der Waals surface area contributed by atoms with E-state index in [0.717, 1.165) is 30.5 Å². The molecule has 0 spiro atoms. The number of nitrogens with zero attached hydrogens (tertiary/aromatic N) is 2. The average Bonchev–Trinajstić information content (AvgIpc) is 2.81. The number of benzene rings is 2. The Balaban J connectivity index is 1.30. The standard InChI is InChI=1S/C25H25FN4O/c26-21-10-6-19(7-11-21)23-14-15-24(30-29-23)28-22-12-8-20(9-13-22)25(31)27-17-16-18-4-2-1-3-5-18/h4,6-15H,1-3,5,16-17H2,(H,27,31)(H,28,30). The average molecular weight is 417 g/mol. The van der Waals surface area contributed by atoms with Crippen LogP contribution in [-0.2, 0) is 0 Å². The van der Waals surface area contributed by atoms with Gasteiger partial charge in [0.1, 0.15) is 5.82 Å². The zero-order chi connectivity index (χ0) is 21.5. The van der Waals surface area contributed by atoms with Gasteiger partial charge >= 0.3 is 0 Å². The number of allylic oxidation sites excluding steroid dienone is 1. The van der Waals surface area contributed by atoms with Crippen molar-refractivity contribution in [3.05, 3.63) is 83.7 Å². The van der Waals surface area contributed by atoms with Crippen LogP contribution in [0.2, 0.25) is 0 Å². The summed E-state index contributed by atoms with van der Waals surface area (Å²) in [7, 11) is 0. The summed E-state index contributed by atoms with van der Waals surface area (Å²) in [6.45, 7) is 0.667. The molecule has 1 amide bonds. The number of halogens is 1. The van der Waals surface area contributed by atoms with E-state index in [2.05, 4.69) is 26.9 Å². The van der Waals surface area contributed by atoms with Crippen LogP contribution in [0.15, 0.2) is 72.3 Å². The fourth-order valence-electron chi connectivity index (χ4n) is 3.60. The molecule has 1 aromatic heterocycles. The minimum atomic E-state index is -0.284. The van der Waals surface area contributed by atoms with E-state index in [-0.39, 0.29) is 11.7 Å². The second kappa shape index (κ2) is 9.98. The third-order valence-electron chi connectivity index (χ3n) is 5.34. The molecule has 0 bridgehead atoms. The van der Waals surface area contributed by atoms with Crippen molar-refractivity contribution in [2.45, 2.75) is 32.1 Å². The summed E-state index contributed by atoms with van der Waals surface area (Å²) < 4.78 is 13.1. The van der Waals surface area contributed by atoms with E-state index in [1.165, 1.54) is 30.5 Å². The summed E-state index contributed by atoms with van der Waals surface area (Å²) in [5.41, 5.74) is 4.36. The number of aromatic nitrogens is 2. The van der Waals surface area contributed by atoms with Crippen LogP contribution in [0.1, 0.15) is 42.5 Å². The Morgan fingerprint density at radius 2 is 1.74 bits per heavy atom. The van der Waals surface area contributed by atoms with Gasteiger partial charge in [-0.25, -0.2) is 4.39 Å². The van der Waals surface area contributed by atoms with Crippen LogP contribution in [0.5, 0.6) is 0 Å². The zero-order valence-electron chi connectivity index (χ0n) is 17.3. The van der Waals surface area contributed by atoms with Crippen LogP contribution < -0.4 is 10.6 Å². The molecule has 0 saturated heterocycles. The van der Waals surface area contributed by atoms with Gasteiger partial charge in [-0.15, -0.1) is 10.2 Å². The van der Waals surface area contributed by atoms with Gasteiger partial charge in [0.05, 0.1) is 5.69 Å². The van der Waals surface area contributed by atoms with Crippen LogP contribution in [0.3, 0.4) is 0 Å². The van der Waals surface area contributed by atoms with E-state index < -0.39 is 0 Å². The van der Waals surface area contributed by atoms with Gasteiger partial charge in [-0.1, -0.05) is 11.6 Å². The lowest BCUT2D eigenvalue weighted by atomic mass is 9.97. The first-order valence-corrected chi connectivity index (χ1v) is 10.6. The number of anilines is 2. The monoisotopic (exact) mass is 416 g/mol. The molecule has 4 rings (SSSR count). The molecule has 2 N–H and O–H groups in total. The van der Waals surface area contributed by atoms with Crippen molar-refractivity contribution in [2.24, 2.45) is 0 Å². The Morgan fingerprint density at radius 3 is 2.42 bits per heavy atom. The number of rotatable bonds is 7. The van der Waals surface area contributed by atoms with Crippen molar-refractivity contribution >= 4 is 17.4 Å². The summed E-state index contributed by atoms with van der Waals surface area (Å²) in [6, 6.07) is 17.0. The predicted molar refractivity (Wildman–Crippen MR) is 121 cm³/mol. The molecular weight excluding hydrogens is 391 g/mol. The molecule has 0 fully saturated rings. The molecule has 3 aromatic rings. The summed E-state index contributed by atoms with van der Waals surface area (Å²) >= 11 is 0. The van der Waals surface area contributed by atoms with E-state index in [0.29, 0.717) is 23.6 Å². The molecule has 158 valence electrons. The van der Waals surface area contributed by atoms with E-state index >= 15 is 0 Å². The van der Waals surface area contributed by atoms with Gasteiger partial charge in [0.25, 0.3) is 5.91 Å². The molecular formula is C25H25FN4O. The Morgan fingerprint density at radius 1 is 0.935 bits per heavy atom. The van der Waals surface area contributed by atoms with Crippen molar-refractivity contribution < 1.29 is 9.18 Å². The minimum absolute atomic E-state index is 0.0635. The lowest BCUT2D eigenvalue weighted by molar-refractivity contribution is 0.0954. The Kier molecular flexibility index (Phi) is 6.67. The molecule has 5 nitrogen and oxygen atoms in total. The number of carbonyl (C=O) groups excluding carboxylic acids is 1. The molecule has 0 radical (unpaired) electrons. The number of hydrogen-bond donors (Lipinski definition) is 2. The second-order valence-corrected chi connectivity index (χ2v) is 7.63. The summed E-state index contributed by atoms with van der Waals surface area (Å²) in [5.74, 6) is 0.240. The van der Waals surface area contributed by atoms with Crippen LogP contribution in [0.25, 0.3) is 11.3 Å². The third kappa shape index (κ3) is 5.75. The zero-order valence-corrected chi connectivity index (χ0v) is 17.3. The highest BCUT2D eigenvalue weighted by atomic mass is 19.1. The summed E-state index contributed by atoms with van der Waals surface area (Å²) in [6.07, 6.45) is 8.10. The Bertz CT molecular complexity index is 1040. The summed E-state index contributed by atoms with van der Waals surface area (Å²) in [4.78, 5) is 12.4. The maximum atomic E-state index is 13.1. The quantitative estimate of drug-likeness (QED) is 0.489. The molecule has 31 heavy (non-hydrogen) atoms. The van der Waals surface area contributed by atoms with Gasteiger partial charge < -0.3 is 10.6 Å². The maximum Gasteiger partial charge on any atom is 0.251 e. The Labute approximate surface area is 181 Å². The normalized spacial score (nSPS) is 13.4. The molecule has 1 aliphatic rings. The maximum absolute atomic E-state index is 13.1. The van der Waals surface area contributed by atoms with Gasteiger partial charge in [0.2, 0.25) is 0 Å². The van der Waals surface area contributed by atoms with Crippen LogP contribution >= 0.6 is 0 Å². The highest BCUT2D eigenvalue weighted by Crippen LogP contribution is 2.21. The van der Waals surface area contributed by atoms with Gasteiger partial charge in [-0.2, -0.15) is 0 Å². The molecule has 2 aromatic carbocycles. The fraction of sp³-hybridized carbons (Fsp3) is 0.240. The topological polar surface area (TPSA) is 66.9 Å². The van der Waals surface area contributed by atoms with Gasteiger partial charge in [0, 0.05) is 23.4 Å². The molecule has 1 heterocycles. The predicted octanol–water partition coefficient (Wildman–Crippen LogP) is 5.65. The smallest absolute Gasteiger partial charge is 0.251 e. The van der Waals surface area contributed by atoms with E-state index in [4.69, 9.17) is 0 Å². The number of hydrogen-bond acceptors (Lipinski definition) is 4. The van der Waals surface area contributed by atoms with E-state index in [1.54, 1.807) is 24.3 Å². The first kappa shape index (κ1) is 20.7. The second-order valence-electron chi connectivity index (χ2n) is 7.63. The van der Waals surface area contributed by atoms with E-state index in [9.17, 15) is 9.18 Å². The largest absolute Gasteiger partial charge is 0.352 e. The number of nitrogens with one attached hydrogen (secondary N) is 2. The molecule has 0 unspecified atom stereocenters. The van der Waals surface area contributed by atoms with Gasteiger partial charge in [0.15, 0.2) is 5.82 Å². The highest BCUT2D eigenvalue weighted by molar-refractivity contribution is 5.94. The van der Waals surface area contributed by atoms with Crippen molar-refractivity contribution in [3.8, 4) is 11.3 Å². The van der Waals surface area contributed by atoms with Crippen molar-refractivity contribution in [1.29, 1.82) is 0 Å². The molecule has 0 atom stereocenters. The molecule has 1 aliphatic carbocycles. The van der Waals surface area contributed by atoms with Crippen LogP contribution in [-0.4, -0.2) is 22.6 Å². The van der Waals surface area contributed by atoms with Crippen LogP contribution in [0, 0.1) is 5.82 Å². The SMILES string of the molecule is O=C(NCCC1=CCCCC1)c1ccc(Nc2ccc(-c3ccc(F)cc3)nn2)cc1. The molecule has 6 heteroatoms.